The molecule has 0 aromatic heterocycles. The Hall–Kier alpha value is -2.60. The molecular formula is C20H20N2O. The van der Waals surface area contributed by atoms with Gasteiger partial charge in [0.25, 0.3) is 0 Å². The SMILES string of the molecule is N#CC(CCC(=O)N1CCC1)(c1ccccc1)c1ccccc1. The van der Waals surface area contributed by atoms with Gasteiger partial charge in [0.1, 0.15) is 5.41 Å². The molecule has 116 valence electrons. The van der Waals surface area contributed by atoms with Crippen molar-refractivity contribution in [1.82, 2.24) is 4.90 Å². The number of likely N-dealkylation sites (tertiary alicyclic amines) is 1. The molecule has 3 nitrogen and oxygen atoms in total. The summed E-state index contributed by atoms with van der Waals surface area (Å²) in [6.45, 7) is 1.71. The standard InChI is InChI=1S/C20H20N2O/c21-16-20(17-8-3-1-4-9-17,18-10-5-2-6-11-18)13-12-19(23)22-14-7-15-22/h1-6,8-11H,7,12-15H2. The second kappa shape index (κ2) is 6.66. The van der Waals surface area contributed by atoms with Gasteiger partial charge in [-0.2, -0.15) is 5.26 Å². The minimum absolute atomic E-state index is 0.155. The lowest BCUT2D eigenvalue weighted by Crippen LogP contribution is -2.42. The smallest absolute Gasteiger partial charge is 0.222 e. The minimum Gasteiger partial charge on any atom is -0.343 e. The Labute approximate surface area is 137 Å². The molecular weight excluding hydrogens is 284 g/mol. The van der Waals surface area contributed by atoms with Crippen LogP contribution in [0.5, 0.6) is 0 Å². The minimum atomic E-state index is -0.775. The normalized spacial score (nSPS) is 14.0. The lowest BCUT2D eigenvalue weighted by Gasteiger charge is -2.33. The first kappa shape index (κ1) is 15.3. The summed E-state index contributed by atoms with van der Waals surface area (Å²) in [5.74, 6) is 0.155. The van der Waals surface area contributed by atoms with E-state index in [0.29, 0.717) is 12.8 Å². The van der Waals surface area contributed by atoms with Gasteiger partial charge in [0, 0.05) is 19.5 Å². The van der Waals surface area contributed by atoms with Gasteiger partial charge < -0.3 is 4.90 Å². The largest absolute Gasteiger partial charge is 0.343 e. The number of hydrogen-bond acceptors (Lipinski definition) is 2. The Balaban J connectivity index is 1.93. The fourth-order valence-electron chi connectivity index (χ4n) is 3.10. The van der Waals surface area contributed by atoms with Crippen molar-refractivity contribution in [2.24, 2.45) is 0 Å². The molecule has 1 aliphatic heterocycles. The lowest BCUT2D eigenvalue weighted by molar-refractivity contribution is -0.134. The molecule has 1 aliphatic rings. The molecule has 1 fully saturated rings. The summed E-state index contributed by atoms with van der Waals surface area (Å²) >= 11 is 0. The molecule has 1 saturated heterocycles. The van der Waals surface area contributed by atoms with Gasteiger partial charge in [0.2, 0.25) is 5.91 Å². The van der Waals surface area contributed by atoms with Crippen LogP contribution in [-0.2, 0) is 10.2 Å². The predicted octanol–water partition coefficient (Wildman–Crippen LogP) is 3.51. The molecule has 1 amide bonds. The number of nitriles is 1. The summed E-state index contributed by atoms with van der Waals surface area (Å²) in [6, 6.07) is 22.1. The summed E-state index contributed by atoms with van der Waals surface area (Å²) in [7, 11) is 0. The number of nitrogens with zero attached hydrogens (tertiary/aromatic N) is 2. The van der Waals surface area contributed by atoms with Crippen molar-refractivity contribution in [3.8, 4) is 6.07 Å². The molecule has 0 bridgehead atoms. The fourth-order valence-corrected chi connectivity index (χ4v) is 3.10. The monoisotopic (exact) mass is 304 g/mol. The molecule has 2 aromatic carbocycles. The molecule has 0 unspecified atom stereocenters. The predicted molar refractivity (Wildman–Crippen MR) is 89.7 cm³/mol. The quantitative estimate of drug-likeness (QED) is 0.848. The number of amides is 1. The van der Waals surface area contributed by atoms with Gasteiger partial charge in [0.15, 0.2) is 0 Å². The van der Waals surface area contributed by atoms with Crippen molar-refractivity contribution >= 4 is 5.91 Å². The van der Waals surface area contributed by atoms with E-state index in [1.807, 2.05) is 65.6 Å². The van der Waals surface area contributed by atoms with Crippen molar-refractivity contribution < 1.29 is 4.79 Å². The molecule has 1 heterocycles. The van der Waals surface area contributed by atoms with Gasteiger partial charge >= 0.3 is 0 Å². The van der Waals surface area contributed by atoms with Crippen LogP contribution in [0.4, 0.5) is 0 Å². The van der Waals surface area contributed by atoms with E-state index in [4.69, 9.17) is 0 Å². The van der Waals surface area contributed by atoms with Crippen LogP contribution < -0.4 is 0 Å². The van der Waals surface area contributed by atoms with Crippen molar-refractivity contribution in [2.75, 3.05) is 13.1 Å². The number of hydrogen-bond donors (Lipinski definition) is 0. The molecule has 2 aromatic rings. The van der Waals surface area contributed by atoms with Gasteiger partial charge in [-0.25, -0.2) is 0 Å². The summed E-state index contributed by atoms with van der Waals surface area (Å²) in [6.07, 6.45) is 2.00. The van der Waals surface area contributed by atoms with Crippen LogP contribution in [0.15, 0.2) is 60.7 Å². The third kappa shape index (κ3) is 2.98. The van der Waals surface area contributed by atoms with Gasteiger partial charge in [-0.3, -0.25) is 4.79 Å². The van der Waals surface area contributed by atoms with Crippen LogP contribution in [0, 0.1) is 11.3 Å². The first-order valence-corrected chi connectivity index (χ1v) is 8.06. The number of rotatable bonds is 5. The van der Waals surface area contributed by atoms with Crippen molar-refractivity contribution in [3.63, 3.8) is 0 Å². The van der Waals surface area contributed by atoms with E-state index in [1.165, 1.54) is 0 Å². The third-order valence-electron chi connectivity index (χ3n) is 4.65. The Bertz CT molecular complexity index is 660. The zero-order valence-electron chi connectivity index (χ0n) is 13.1. The van der Waals surface area contributed by atoms with Crippen LogP contribution in [0.2, 0.25) is 0 Å². The van der Waals surface area contributed by atoms with Crippen molar-refractivity contribution in [3.05, 3.63) is 71.8 Å². The number of carbonyl (C=O) groups is 1. The summed E-state index contributed by atoms with van der Waals surface area (Å²) in [5, 5.41) is 10.0. The lowest BCUT2D eigenvalue weighted by atomic mass is 9.72. The van der Waals surface area contributed by atoms with Crippen molar-refractivity contribution in [2.45, 2.75) is 24.7 Å². The fraction of sp³-hybridized carbons (Fsp3) is 0.300. The van der Waals surface area contributed by atoms with Crippen LogP contribution in [-0.4, -0.2) is 23.9 Å². The number of benzene rings is 2. The van der Waals surface area contributed by atoms with E-state index in [0.717, 1.165) is 30.6 Å². The summed E-state index contributed by atoms with van der Waals surface area (Å²) in [5.41, 5.74) is 1.12. The maximum absolute atomic E-state index is 12.3. The Morgan fingerprint density at radius 3 is 1.91 bits per heavy atom. The van der Waals surface area contributed by atoms with Gasteiger partial charge in [0.05, 0.1) is 6.07 Å². The molecule has 0 N–H and O–H groups in total. The first-order valence-electron chi connectivity index (χ1n) is 8.06. The molecule has 0 saturated carbocycles. The van der Waals surface area contributed by atoms with Gasteiger partial charge in [-0.15, -0.1) is 0 Å². The van der Waals surface area contributed by atoms with E-state index in [1.54, 1.807) is 0 Å². The van der Waals surface area contributed by atoms with E-state index in [-0.39, 0.29) is 5.91 Å². The molecule has 23 heavy (non-hydrogen) atoms. The highest BCUT2D eigenvalue weighted by molar-refractivity contribution is 5.77. The topological polar surface area (TPSA) is 44.1 Å². The van der Waals surface area contributed by atoms with E-state index in [2.05, 4.69) is 6.07 Å². The Morgan fingerprint density at radius 2 is 1.52 bits per heavy atom. The van der Waals surface area contributed by atoms with E-state index < -0.39 is 5.41 Å². The van der Waals surface area contributed by atoms with Crippen LogP contribution in [0.3, 0.4) is 0 Å². The molecule has 0 atom stereocenters. The number of carbonyl (C=O) groups excluding carboxylic acids is 1. The Morgan fingerprint density at radius 1 is 1.00 bits per heavy atom. The van der Waals surface area contributed by atoms with Crippen LogP contribution >= 0.6 is 0 Å². The maximum atomic E-state index is 12.3. The molecule has 0 spiro atoms. The van der Waals surface area contributed by atoms with Gasteiger partial charge in [-0.1, -0.05) is 60.7 Å². The van der Waals surface area contributed by atoms with Crippen molar-refractivity contribution in [1.29, 1.82) is 5.26 Å². The zero-order chi connectivity index (χ0) is 16.1. The summed E-state index contributed by atoms with van der Waals surface area (Å²) in [4.78, 5) is 14.1. The second-order valence-corrected chi connectivity index (χ2v) is 5.98. The Kier molecular flexibility index (Phi) is 4.43. The molecule has 3 rings (SSSR count). The average molecular weight is 304 g/mol. The van der Waals surface area contributed by atoms with E-state index >= 15 is 0 Å². The van der Waals surface area contributed by atoms with Crippen LogP contribution in [0.25, 0.3) is 0 Å². The molecule has 0 aliphatic carbocycles. The molecule has 0 radical (unpaired) electrons. The van der Waals surface area contributed by atoms with Gasteiger partial charge in [-0.05, 0) is 24.0 Å². The summed E-state index contributed by atoms with van der Waals surface area (Å²) < 4.78 is 0. The molecule has 3 heteroatoms. The first-order chi connectivity index (χ1) is 11.3. The zero-order valence-corrected chi connectivity index (χ0v) is 13.1. The second-order valence-electron chi connectivity index (χ2n) is 5.98. The highest BCUT2D eigenvalue weighted by Crippen LogP contribution is 2.36. The highest BCUT2D eigenvalue weighted by Gasteiger charge is 2.35. The van der Waals surface area contributed by atoms with E-state index in [9.17, 15) is 10.1 Å². The maximum Gasteiger partial charge on any atom is 0.222 e. The van der Waals surface area contributed by atoms with Crippen LogP contribution in [0.1, 0.15) is 30.4 Å². The average Bonchev–Trinajstić information content (AvgIpc) is 2.56. The highest BCUT2D eigenvalue weighted by atomic mass is 16.2. The third-order valence-corrected chi connectivity index (χ3v) is 4.65.